The van der Waals surface area contributed by atoms with Crippen molar-refractivity contribution in [1.29, 1.82) is 5.26 Å². The lowest BCUT2D eigenvalue weighted by Gasteiger charge is -2.14. The van der Waals surface area contributed by atoms with Gasteiger partial charge in [-0.1, -0.05) is 23.2 Å². The topological polar surface area (TPSA) is 35.8 Å². The van der Waals surface area contributed by atoms with E-state index in [-0.39, 0.29) is 12.1 Å². The summed E-state index contributed by atoms with van der Waals surface area (Å²) in [7, 11) is 0. The van der Waals surface area contributed by atoms with E-state index in [1.807, 2.05) is 19.9 Å². The van der Waals surface area contributed by atoms with Crippen LogP contribution >= 0.6 is 35.0 Å². The van der Waals surface area contributed by atoms with Gasteiger partial charge in [-0.15, -0.1) is 11.8 Å². The molecule has 5 heteroatoms. The minimum absolute atomic E-state index is 0.185. The number of thioether (sulfide) groups is 1. The van der Waals surface area contributed by atoms with Gasteiger partial charge in [-0.3, -0.25) is 5.32 Å². The molecule has 2 nitrogen and oxygen atoms in total. The van der Waals surface area contributed by atoms with Crippen LogP contribution in [0.1, 0.15) is 13.8 Å². The predicted molar refractivity (Wildman–Crippen MR) is 74.9 cm³/mol. The third-order valence-electron chi connectivity index (χ3n) is 1.99. The number of benzene rings is 1. The Morgan fingerprint density at radius 2 is 2.12 bits per heavy atom. The van der Waals surface area contributed by atoms with Crippen molar-refractivity contribution in [2.45, 2.75) is 30.8 Å². The molecule has 1 N–H and O–H groups in total. The molecule has 0 aliphatic rings. The second kappa shape index (κ2) is 7.13. The summed E-state index contributed by atoms with van der Waals surface area (Å²) in [4.78, 5) is 0.907. The van der Waals surface area contributed by atoms with Crippen molar-refractivity contribution >= 4 is 35.0 Å². The maximum absolute atomic E-state index is 8.99. The van der Waals surface area contributed by atoms with Gasteiger partial charge in [0.2, 0.25) is 0 Å². The number of nitrogens with one attached hydrogen (secondary N) is 1. The smallest absolute Gasteiger partial charge is 0.105 e. The molecule has 0 aromatic heterocycles. The molecule has 1 aromatic carbocycles. The van der Waals surface area contributed by atoms with Crippen LogP contribution in [0.15, 0.2) is 23.1 Å². The molecule has 0 saturated carbocycles. The Hall–Kier alpha value is -0.400. The molecule has 0 bridgehead atoms. The Morgan fingerprint density at radius 3 is 2.71 bits per heavy atom. The minimum Gasteiger partial charge on any atom is -0.299 e. The fraction of sp³-hybridized carbons (Fsp3) is 0.417. The zero-order valence-electron chi connectivity index (χ0n) is 9.71. The number of halogens is 2. The van der Waals surface area contributed by atoms with Crippen molar-refractivity contribution in [3.05, 3.63) is 28.2 Å². The Morgan fingerprint density at radius 1 is 1.41 bits per heavy atom. The zero-order valence-corrected chi connectivity index (χ0v) is 12.0. The van der Waals surface area contributed by atoms with E-state index in [4.69, 9.17) is 28.5 Å². The third-order valence-corrected chi connectivity index (χ3v) is 3.81. The van der Waals surface area contributed by atoms with Crippen molar-refractivity contribution in [1.82, 2.24) is 5.32 Å². The van der Waals surface area contributed by atoms with E-state index in [0.717, 1.165) is 4.90 Å². The van der Waals surface area contributed by atoms with E-state index in [9.17, 15) is 0 Å². The fourth-order valence-electron chi connectivity index (χ4n) is 1.29. The Balaban J connectivity index is 2.60. The van der Waals surface area contributed by atoms with Crippen molar-refractivity contribution in [3.63, 3.8) is 0 Å². The monoisotopic (exact) mass is 288 g/mol. The van der Waals surface area contributed by atoms with E-state index in [0.29, 0.717) is 15.8 Å². The first-order valence-corrected chi connectivity index (χ1v) is 7.00. The van der Waals surface area contributed by atoms with Gasteiger partial charge in [0.05, 0.1) is 11.1 Å². The highest BCUT2D eigenvalue weighted by molar-refractivity contribution is 7.99. The minimum atomic E-state index is -0.185. The molecule has 0 heterocycles. The first-order chi connectivity index (χ1) is 8.02. The number of rotatable bonds is 5. The van der Waals surface area contributed by atoms with Crippen LogP contribution in [0, 0.1) is 11.3 Å². The summed E-state index contributed by atoms with van der Waals surface area (Å²) in [5.74, 6) is 0.648. The molecule has 1 atom stereocenters. The molecule has 0 amide bonds. The summed E-state index contributed by atoms with van der Waals surface area (Å²) in [5.41, 5.74) is 0. The van der Waals surface area contributed by atoms with Crippen LogP contribution in [0.2, 0.25) is 10.0 Å². The van der Waals surface area contributed by atoms with E-state index in [2.05, 4.69) is 11.4 Å². The highest BCUT2D eigenvalue weighted by Gasteiger charge is 2.10. The van der Waals surface area contributed by atoms with E-state index >= 15 is 0 Å². The highest BCUT2D eigenvalue weighted by atomic mass is 35.5. The van der Waals surface area contributed by atoms with Crippen molar-refractivity contribution in [2.24, 2.45) is 0 Å². The molecule has 1 unspecified atom stereocenters. The maximum atomic E-state index is 8.99. The van der Waals surface area contributed by atoms with Gasteiger partial charge in [0.15, 0.2) is 0 Å². The summed E-state index contributed by atoms with van der Waals surface area (Å²) in [6, 6.07) is 7.67. The standard InChI is InChI=1S/C12H14Cl2N2S/c1-8(2)16-10(6-15)7-17-12-5-9(13)3-4-11(12)14/h3-5,8,10,16H,7H2,1-2H3. The van der Waals surface area contributed by atoms with Crippen LogP contribution in [0.4, 0.5) is 0 Å². The van der Waals surface area contributed by atoms with Crippen LogP contribution in [-0.2, 0) is 0 Å². The van der Waals surface area contributed by atoms with Crippen LogP contribution in [0.25, 0.3) is 0 Å². The SMILES string of the molecule is CC(C)NC(C#N)CSc1cc(Cl)ccc1Cl. The summed E-state index contributed by atoms with van der Waals surface area (Å²) in [6.07, 6.45) is 0. The Kier molecular flexibility index (Phi) is 6.15. The average Bonchev–Trinajstić information content (AvgIpc) is 2.28. The molecule has 0 aliphatic heterocycles. The van der Waals surface area contributed by atoms with Gasteiger partial charge in [0.1, 0.15) is 6.04 Å². The molecular formula is C12H14Cl2N2S. The van der Waals surface area contributed by atoms with Crippen LogP contribution in [0.5, 0.6) is 0 Å². The first-order valence-electron chi connectivity index (χ1n) is 5.26. The molecule has 0 fully saturated rings. The lowest BCUT2D eigenvalue weighted by atomic mass is 10.3. The molecule has 0 aliphatic carbocycles. The second-order valence-corrected chi connectivity index (χ2v) is 5.79. The summed E-state index contributed by atoms with van der Waals surface area (Å²) in [5, 5.41) is 13.5. The molecule has 0 radical (unpaired) electrons. The second-order valence-electron chi connectivity index (χ2n) is 3.89. The van der Waals surface area contributed by atoms with Gasteiger partial charge in [-0.2, -0.15) is 5.26 Å². The fourth-order valence-corrected chi connectivity index (χ4v) is 2.74. The molecule has 0 spiro atoms. The van der Waals surface area contributed by atoms with Crippen molar-refractivity contribution in [3.8, 4) is 6.07 Å². The van der Waals surface area contributed by atoms with E-state index < -0.39 is 0 Å². The van der Waals surface area contributed by atoms with Gasteiger partial charge in [0, 0.05) is 21.7 Å². The van der Waals surface area contributed by atoms with Gasteiger partial charge >= 0.3 is 0 Å². The molecule has 92 valence electrons. The van der Waals surface area contributed by atoms with E-state index in [1.165, 1.54) is 11.8 Å². The van der Waals surface area contributed by atoms with Gasteiger partial charge < -0.3 is 0 Å². The first kappa shape index (κ1) is 14.7. The van der Waals surface area contributed by atoms with Crippen molar-refractivity contribution < 1.29 is 0 Å². The summed E-state index contributed by atoms with van der Waals surface area (Å²) >= 11 is 13.5. The Bertz CT molecular complexity index is 415. The largest absolute Gasteiger partial charge is 0.299 e. The van der Waals surface area contributed by atoms with Gasteiger partial charge in [-0.05, 0) is 32.0 Å². The normalized spacial score (nSPS) is 12.5. The van der Waals surface area contributed by atoms with E-state index in [1.54, 1.807) is 12.1 Å². The van der Waals surface area contributed by atoms with Crippen LogP contribution in [-0.4, -0.2) is 17.8 Å². The molecule has 17 heavy (non-hydrogen) atoms. The number of hydrogen-bond donors (Lipinski definition) is 1. The van der Waals surface area contributed by atoms with Gasteiger partial charge in [-0.25, -0.2) is 0 Å². The average molecular weight is 289 g/mol. The van der Waals surface area contributed by atoms with Crippen LogP contribution < -0.4 is 5.32 Å². The molecule has 1 rings (SSSR count). The molecule has 0 saturated heterocycles. The molecule has 1 aromatic rings. The number of nitriles is 1. The van der Waals surface area contributed by atoms with Crippen molar-refractivity contribution in [2.75, 3.05) is 5.75 Å². The zero-order chi connectivity index (χ0) is 12.8. The van der Waals surface area contributed by atoms with Gasteiger partial charge in [0.25, 0.3) is 0 Å². The number of hydrogen-bond acceptors (Lipinski definition) is 3. The van der Waals surface area contributed by atoms with Crippen LogP contribution in [0.3, 0.4) is 0 Å². The maximum Gasteiger partial charge on any atom is 0.105 e. The molecular weight excluding hydrogens is 275 g/mol. The summed E-state index contributed by atoms with van der Waals surface area (Å²) < 4.78 is 0. The highest BCUT2D eigenvalue weighted by Crippen LogP contribution is 2.30. The summed E-state index contributed by atoms with van der Waals surface area (Å²) in [6.45, 7) is 4.03. The quantitative estimate of drug-likeness (QED) is 0.833. The predicted octanol–water partition coefficient (Wildman–Crippen LogP) is 3.98. The number of nitrogens with zero attached hydrogens (tertiary/aromatic N) is 1. The Labute approximate surface area is 116 Å². The third kappa shape index (κ3) is 5.18. The lowest BCUT2D eigenvalue weighted by molar-refractivity contribution is 0.560. The lowest BCUT2D eigenvalue weighted by Crippen LogP contribution is -2.35.